The van der Waals surface area contributed by atoms with E-state index in [9.17, 15) is 9.90 Å². The van der Waals surface area contributed by atoms with Gasteiger partial charge in [-0.15, -0.1) is 0 Å². The Bertz CT molecular complexity index is 1050. The largest absolute Gasteiger partial charge is 0.474 e. The number of carbonyl (C=O) groups is 1. The Balaban J connectivity index is 1.56. The molecule has 1 fully saturated rings. The second-order valence-corrected chi connectivity index (χ2v) is 9.56. The van der Waals surface area contributed by atoms with Crippen LogP contribution in [0.3, 0.4) is 0 Å². The van der Waals surface area contributed by atoms with E-state index in [0.717, 1.165) is 30.7 Å². The van der Waals surface area contributed by atoms with Crippen LogP contribution < -0.4 is 9.64 Å². The number of rotatable bonds is 4. The molecule has 1 spiro atoms. The SMILES string of the molecule is COC(=O)c1cnc2c(n1)N(C[C@@H]1CCO[C@H]1CO)C[C@@]1(CCCc3cc(Cl)ccc31)CO2. The third kappa shape index (κ3) is 4.16. The van der Waals surface area contributed by atoms with Gasteiger partial charge in [0, 0.05) is 36.1 Å². The van der Waals surface area contributed by atoms with Gasteiger partial charge in [0.1, 0.15) is 6.61 Å². The Morgan fingerprint density at radius 1 is 1.42 bits per heavy atom. The second-order valence-electron chi connectivity index (χ2n) is 9.12. The molecule has 1 saturated heterocycles. The topological polar surface area (TPSA) is 94.0 Å². The van der Waals surface area contributed by atoms with E-state index in [2.05, 4.69) is 27.0 Å². The quantitative estimate of drug-likeness (QED) is 0.677. The van der Waals surface area contributed by atoms with Crippen molar-refractivity contribution < 1.29 is 24.1 Å². The molecule has 1 aliphatic carbocycles. The zero-order valence-corrected chi connectivity index (χ0v) is 19.4. The molecule has 2 aromatic rings. The van der Waals surface area contributed by atoms with Crippen LogP contribution in [0.1, 0.15) is 40.9 Å². The molecule has 0 unspecified atom stereocenters. The summed E-state index contributed by atoms with van der Waals surface area (Å²) in [7, 11) is 1.32. The Labute approximate surface area is 197 Å². The minimum atomic E-state index is -0.542. The van der Waals surface area contributed by atoms with E-state index in [0.29, 0.717) is 38.0 Å². The van der Waals surface area contributed by atoms with Crippen molar-refractivity contribution in [3.63, 3.8) is 0 Å². The lowest BCUT2D eigenvalue weighted by Gasteiger charge is -2.41. The molecule has 5 rings (SSSR count). The number of fused-ring (bicyclic) bond motifs is 3. The van der Waals surface area contributed by atoms with E-state index in [1.165, 1.54) is 24.4 Å². The maximum atomic E-state index is 12.2. The van der Waals surface area contributed by atoms with Crippen LogP contribution in [0.2, 0.25) is 5.02 Å². The number of aromatic nitrogens is 2. The monoisotopic (exact) mass is 473 g/mol. The maximum absolute atomic E-state index is 12.2. The van der Waals surface area contributed by atoms with Crippen molar-refractivity contribution in [1.82, 2.24) is 9.97 Å². The van der Waals surface area contributed by atoms with Gasteiger partial charge in [-0.1, -0.05) is 17.7 Å². The average Bonchev–Trinajstić information content (AvgIpc) is 3.22. The van der Waals surface area contributed by atoms with Crippen LogP contribution in [0.4, 0.5) is 5.82 Å². The van der Waals surface area contributed by atoms with Gasteiger partial charge in [-0.05, 0) is 48.9 Å². The first-order valence-corrected chi connectivity index (χ1v) is 11.8. The highest BCUT2D eigenvalue weighted by molar-refractivity contribution is 6.30. The first-order valence-electron chi connectivity index (χ1n) is 11.4. The van der Waals surface area contributed by atoms with Crippen LogP contribution in [0, 0.1) is 5.92 Å². The molecule has 3 aliphatic rings. The summed E-state index contributed by atoms with van der Waals surface area (Å²) in [6.45, 7) is 2.33. The van der Waals surface area contributed by atoms with Crippen LogP contribution in [0.5, 0.6) is 5.88 Å². The van der Waals surface area contributed by atoms with Crippen molar-refractivity contribution in [2.45, 2.75) is 37.2 Å². The summed E-state index contributed by atoms with van der Waals surface area (Å²) in [5.41, 5.74) is 2.36. The highest BCUT2D eigenvalue weighted by Crippen LogP contribution is 2.43. The highest BCUT2D eigenvalue weighted by atomic mass is 35.5. The zero-order chi connectivity index (χ0) is 23.0. The van der Waals surface area contributed by atoms with Crippen molar-refractivity contribution in [3.8, 4) is 5.88 Å². The van der Waals surface area contributed by atoms with Crippen molar-refractivity contribution in [3.05, 3.63) is 46.2 Å². The van der Waals surface area contributed by atoms with Gasteiger partial charge >= 0.3 is 5.97 Å². The number of aliphatic hydroxyl groups excluding tert-OH is 1. The summed E-state index contributed by atoms with van der Waals surface area (Å²) in [4.78, 5) is 23.4. The average molecular weight is 474 g/mol. The minimum absolute atomic E-state index is 0.0256. The summed E-state index contributed by atoms with van der Waals surface area (Å²) in [6.07, 6.45) is 4.99. The molecule has 0 saturated carbocycles. The summed E-state index contributed by atoms with van der Waals surface area (Å²) >= 11 is 6.30. The lowest BCUT2D eigenvalue weighted by molar-refractivity contribution is 0.0408. The zero-order valence-electron chi connectivity index (χ0n) is 18.6. The molecule has 8 nitrogen and oxygen atoms in total. The molecule has 176 valence electrons. The smallest absolute Gasteiger partial charge is 0.358 e. The van der Waals surface area contributed by atoms with Gasteiger partial charge in [-0.2, -0.15) is 0 Å². The molecule has 3 atom stereocenters. The predicted octanol–water partition coefficient (Wildman–Crippen LogP) is 2.79. The van der Waals surface area contributed by atoms with E-state index < -0.39 is 5.97 Å². The Kier molecular flexibility index (Phi) is 6.16. The normalized spacial score (nSPS) is 26.3. The third-order valence-electron chi connectivity index (χ3n) is 7.12. The van der Waals surface area contributed by atoms with Crippen molar-refractivity contribution in [1.29, 1.82) is 0 Å². The van der Waals surface area contributed by atoms with Crippen molar-refractivity contribution in [2.75, 3.05) is 44.9 Å². The van der Waals surface area contributed by atoms with Gasteiger partial charge in [-0.25, -0.2) is 14.8 Å². The molecule has 3 heterocycles. The van der Waals surface area contributed by atoms with Crippen molar-refractivity contribution in [2.24, 2.45) is 5.92 Å². The Morgan fingerprint density at radius 2 is 2.30 bits per heavy atom. The molecule has 1 aromatic carbocycles. The molecule has 1 aromatic heterocycles. The van der Waals surface area contributed by atoms with E-state index in [1.807, 2.05) is 6.07 Å². The minimum Gasteiger partial charge on any atom is -0.474 e. The molecular formula is C24H28ClN3O5. The lowest BCUT2D eigenvalue weighted by atomic mass is 9.70. The fraction of sp³-hybridized carbons (Fsp3) is 0.542. The van der Waals surface area contributed by atoms with Crippen LogP contribution >= 0.6 is 11.6 Å². The number of aryl methyl sites for hydroxylation is 1. The summed E-state index contributed by atoms with van der Waals surface area (Å²) in [5.74, 6) is 0.522. The number of benzene rings is 1. The fourth-order valence-electron chi connectivity index (χ4n) is 5.46. The first-order chi connectivity index (χ1) is 16.0. The van der Waals surface area contributed by atoms with Crippen molar-refractivity contribution >= 4 is 23.4 Å². The molecule has 9 heteroatoms. The fourth-order valence-corrected chi connectivity index (χ4v) is 5.66. The molecule has 33 heavy (non-hydrogen) atoms. The summed E-state index contributed by atoms with van der Waals surface area (Å²) in [5, 5.41) is 10.5. The predicted molar refractivity (Wildman–Crippen MR) is 122 cm³/mol. The summed E-state index contributed by atoms with van der Waals surface area (Å²) in [6, 6.07) is 6.11. The third-order valence-corrected chi connectivity index (χ3v) is 7.35. The molecule has 2 aliphatic heterocycles. The molecule has 0 bridgehead atoms. The molecular weight excluding hydrogens is 446 g/mol. The number of carbonyl (C=O) groups excluding carboxylic acids is 1. The summed E-state index contributed by atoms with van der Waals surface area (Å²) < 4.78 is 16.9. The van der Waals surface area contributed by atoms with Gasteiger partial charge in [0.2, 0.25) is 0 Å². The molecule has 0 amide bonds. The van der Waals surface area contributed by atoms with E-state index >= 15 is 0 Å². The highest BCUT2D eigenvalue weighted by Gasteiger charge is 2.43. The number of hydrogen-bond donors (Lipinski definition) is 1. The van der Waals surface area contributed by atoms with Crippen LogP contribution in [0.25, 0.3) is 0 Å². The van der Waals surface area contributed by atoms with Crippen LogP contribution in [-0.2, 0) is 21.3 Å². The van der Waals surface area contributed by atoms with Gasteiger partial charge in [0.05, 0.1) is 26.0 Å². The van der Waals surface area contributed by atoms with Gasteiger partial charge in [0.15, 0.2) is 11.5 Å². The molecule has 1 N–H and O–H groups in total. The number of ether oxygens (including phenoxy) is 3. The lowest BCUT2D eigenvalue weighted by Crippen LogP contribution is -2.47. The van der Waals surface area contributed by atoms with E-state index in [-0.39, 0.29) is 29.7 Å². The molecule has 0 radical (unpaired) electrons. The maximum Gasteiger partial charge on any atom is 0.358 e. The van der Waals surface area contributed by atoms with E-state index in [1.54, 1.807) is 0 Å². The number of anilines is 1. The number of aliphatic hydroxyl groups is 1. The van der Waals surface area contributed by atoms with E-state index in [4.69, 9.17) is 25.8 Å². The Hall–Kier alpha value is -2.42. The van der Waals surface area contributed by atoms with Crippen LogP contribution in [0.15, 0.2) is 24.4 Å². The second kappa shape index (κ2) is 9.08. The standard InChI is InChI=1S/C24H28ClN3O5/c1-31-23(30)19-10-26-22-21(27-19)28(11-16-6-8-32-20(16)12-29)13-24(14-33-22)7-2-3-15-9-17(25)4-5-18(15)24/h4-5,9-10,16,20,29H,2-3,6-8,11-14H2,1H3/t16-,20-,24-/m0/s1. The number of methoxy groups -OCH3 is 1. The number of halogens is 1. The first kappa shape index (κ1) is 22.4. The van der Waals surface area contributed by atoms with Gasteiger partial charge < -0.3 is 24.2 Å². The van der Waals surface area contributed by atoms with Crippen LogP contribution in [-0.4, -0.2) is 67.2 Å². The number of hydrogen-bond acceptors (Lipinski definition) is 8. The Morgan fingerprint density at radius 3 is 3.12 bits per heavy atom. The van der Waals surface area contributed by atoms with Gasteiger partial charge in [-0.3, -0.25) is 0 Å². The number of nitrogens with zero attached hydrogens (tertiary/aromatic N) is 3. The van der Waals surface area contributed by atoms with Gasteiger partial charge in [0.25, 0.3) is 5.88 Å². The number of esters is 1.